The monoisotopic (exact) mass is 324 g/mol. The molecule has 1 aromatic heterocycles. The molecule has 20 heavy (non-hydrogen) atoms. The smallest absolute Gasteiger partial charge is 0.364 e. The number of aromatic amines is 1. The van der Waals surface area contributed by atoms with Crippen molar-refractivity contribution in [2.45, 2.75) is 6.18 Å². The van der Waals surface area contributed by atoms with Crippen molar-refractivity contribution in [2.24, 2.45) is 5.73 Å². The van der Waals surface area contributed by atoms with Crippen molar-refractivity contribution in [3.05, 3.63) is 33.4 Å². The lowest BCUT2D eigenvalue weighted by Gasteiger charge is -2.12. The van der Waals surface area contributed by atoms with Crippen LogP contribution in [0.5, 0.6) is 0 Å². The molecule has 1 aromatic carbocycles. The minimum Gasteiger partial charge on any atom is -0.364 e. The summed E-state index contributed by atoms with van der Waals surface area (Å²) in [5.41, 5.74) is 3.10. The van der Waals surface area contributed by atoms with Crippen LogP contribution in [0.15, 0.2) is 12.1 Å². The maximum Gasteiger partial charge on any atom is 0.417 e. The molecular weight excluding hydrogens is 320 g/mol. The van der Waals surface area contributed by atoms with E-state index in [1.165, 1.54) is 0 Å². The Bertz CT molecular complexity index is 684. The van der Waals surface area contributed by atoms with Crippen LogP contribution in [0.1, 0.15) is 16.1 Å². The highest BCUT2D eigenvalue weighted by atomic mass is 35.5. The number of carbonyl (C=O) groups excluding carboxylic acids is 1. The van der Waals surface area contributed by atoms with Crippen molar-refractivity contribution in [2.75, 3.05) is 0 Å². The molecule has 0 unspecified atom stereocenters. The molecule has 1 heterocycles. The first kappa shape index (κ1) is 14.6. The normalized spacial score (nSPS) is 11.7. The Morgan fingerprint density at radius 3 is 2.45 bits per heavy atom. The van der Waals surface area contributed by atoms with Crippen LogP contribution < -0.4 is 5.73 Å². The van der Waals surface area contributed by atoms with Gasteiger partial charge in [-0.25, -0.2) is 0 Å². The fourth-order valence-electron chi connectivity index (χ4n) is 1.57. The van der Waals surface area contributed by atoms with Gasteiger partial charge in [-0.05, 0) is 12.1 Å². The van der Waals surface area contributed by atoms with E-state index in [-0.39, 0.29) is 22.0 Å². The molecule has 1 amide bonds. The Kier molecular flexibility index (Phi) is 3.61. The van der Waals surface area contributed by atoms with Crippen molar-refractivity contribution in [1.82, 2.24) is 15.4 Å². The molecule has 3 N–H and O–H groups in total. The SMILES string of the molecule is NC(=O)c1n[nH]nc1-c1c(Cl)ccc(C(F)(F)F)c1Cl. The van der Waals surface area contributed by atoms with E-state index in [1.54, 1.807) is 0 Å². The van der Waals surface area contributed by atoms with E-state index in [2.05, 4.69) is 15.4 Å². The summed E-state index contributed by atoms with van der Waals surface area (Å²) in [7, 11) is 0. The van der Waals surface area contributed by atoms with Crippen LogP contribution in [-0.2, 0) is 6.18 Å². The molecule has 0 radical (unpaired) electrons. The number of halogens is 5. The van der Waals surface area contributed by atoms with Gasteiger partial charge in [0, 0.05) is 5.56 Å². The third-order valence-electron chi connectivity index (χ3n) is 2.41. The number of hydrogen-bond acceptors (Lipinski definition) is 3. The molecule has 2 rings (SSSR count). The third kappa shape index (κ3) is 2.44. The molecule has 106 valence electrons. The van der Waals surface area contributed by atoms with Gasteiger partial charge >= 0.3 is 6.18 Å². The van der Waals surface area contributed by atoms with E-state index in [4.69, 9.17) is 28.9 Å². The average Bonchev–Trinajstić information content (AvgIpc) is 2.76. The maximum atomic E-state index is 12.8. The largest absolute Gasteiger partial charge is 0.417 e. The van der Waals surface area contributed by atoms with Crippen LogP contribution in [-0.4, -0.2) is 21.3 Å². The number of benzene rings is 1. The highest BCUT2D eigenvalue weighted by Gasteiger charge is 2.35. The Balaban J connectivity index is 2.74. The minimum absolute atomic E-state index is 0.112. The lowest BCUT2D eigenvalue weighted by atomic mass is 10.1. The predicted molar refractivity (Wildman–Crippen MR) is 65.4 cm³/mol. The Morgan fingerprint density at radius 1 is 1.25 bits per heavy atom. The van der Waals surface area contributed by atoms with Crippen LogP contribution >= 0.6 is 23.2 Å². The topological polar surface area (TPSA) is 84.7 Å². The number of nitrogens with one attached hydrogen (secondary N) is 1. The Labute approximate surface area is 119 Å². The van der Waals surface area contributed by atoms with Gasteiger partial charge in [0.15, 0.2) is 5.69 Å². The van der Waals surface area contributed by atoms with Gasteiger partial charge in [0.2, 0.25) is 0 Å². The average molecular weight is 325 g/mol. The number of hydrogen-bond donors (Lipinski definition) is 2. The lowest BCUT2D eigenvalue weighted by Crippen LogP contribution is -2.13. The molecule has 0 atom stereocenters. The third-order valence-corrected chi connectivity index (χ3v) is 3.12. The zero-order chi connectivity index (χ0) is 15.1. The molecule has 0 spiro atoms. The first-order valence-electron chi connectivity index (χ1n) is 4.99. The zero-order valence-corrected chi connectivity index (χ0v) is 10.9. The summed E-state index contributed by atoms with van der Waals surface area (Å²) >= 11 is 11.6. The van der Waals surface area contributed by atoms with E-state index in [1.807, 2.05) is 0 Å². The molecule has 5 nitrogen and oxygen atoms in total. The second kappa shape index (κ2) is 4.95. The number of primary amides is 1. The van der Waals surface area contributed by atoms with E-state index >= 15 is 0 Å². The standard InChI is InChI=1S/C10H5Cl2F3N4O/c11-4-2-1-3(10(13,14)15)6(12)5(4)7-8(9(16)20)18-19-17-7/h1-2H,(H2,16,20)(H,17,18,19). The number of rotatable bonds is 2. The van der Waals surface area contributed by atoms with Gasteiger partial charge in [-0.15, -0.1) is 0 Å². The van der Waals surface area contributed by atoms with Crippen molar-refractivity contribution < 1.29 is 18.0 Å². The van der Waals surface area contributed by atoms with E-state index in [9.17, 15) is 18.0 Å². The first-order chi connectivity index (χ1) is 9.23. The maximum absolute atomic E-state index is 12.8. The van der Waals surface area contributed by atoms with Gasteiger partial charge in [0.1, 0.15) is 5.69 Å². The summed E-state index contributed by atoms with van der Waals surface area (Å²) < 4.78 is 38.4. The van der Waals surface area contributed by atoms with Crippen molar-refractivity contribution in [1.29, 1.82) is 0 Å². The Hall–Kier alpha value is -1.80. The highest BCUT2D eigenvalue weighted by molar-refractivity contribution is 6.39. The minimum atomic E-state index is -4.67. The van der Waals surface area contributed by atoms with Crippen molar-refractivity contribution in [3.8, 4) is 11.3 Å². The van der Waals surface area contributed by atoms with Crippen molar-refractivity contribution >= 4 is 29.1 Å². The molecule has 0 bridgehead atoms. The quantitative estimate of drug-likeness (QED) is 0.890. The van der Waals surface area contributed by atoms with Crippen LogP contribution in [0.3, 0.4) is 0 Å². The summed E-state index contributed by atoms with van der Waals surface area (Å²) in [6.07, 6.45) is -4.67. The molecular formula is C10H5Cl2F3N4O. The van der Waals surface area contributed by atoms with Gasteiger partial charge in [-0.2, -0.15) is 28.6 Å². The van der Waals surface area contributed by atoms with Gasteiger partial charge in [0.05, 0.1) is 15.6 Å². The fraction of sp³-hybridized carbons (Fsp3) is 0.100. The number of H-pyrrole nitrogens is 1. The highest BCUT2D eigenvalue weighted by Crippen LogP contribution is 2.43. The van der Waals surface area contributed by atoms with E-state index < -0.39 is 22.7 Å². The van der Waals surface area contributed by atoms with Gasteiger partial charge in [-0.3, -0.25) is 4.79 Å². The summed E-state index contributed by atoms with van der Waals surface area (Å²) in [6.45, 7) is 0. The lowest BCUT2D eigenvalue weighted by molar-refractivity contribution is -0.137. The number of carbonyl (C=O) groups is 1. The van der Waals surface area contributed by atoms with E-state index in [0.717, 1.165) is 12.1 Å². The summed E-state index contributed by atoms with van der Waals surface area (Å²) in [5, 5.41) is 8.34. The van der Waals surface area contributed by atoms with Crippen molar-refractivity contribution in [3.63, 3.8) is 0 Å². The van der Waals surface area contributed by atoms with E-state index in [0.29, 0.717) is 0 Å². The second-order valence-electron chi connectivity index (χ2n) is 3.67. The van der Waals surface area contributed by atoms with Crippen LogP contribution in [0, 0.1) is 0 Å². The Morgan fingerprint density at radius 2 is 1.90 bits per heavy atom. The van der Waals surface area contributed by atoms with Crippen LogP contribution in [0.4, 0.5) is 13.2 Å². The second-order valence-corrected chi connectivity index (χ2v) is 4.45. The fourth-order valence-corrected chi connectivity index (χ4v) is 2.22. The number of amides is 1. The summed E-state index contributed by atoms with van der Waals surface area (Å²) in [6, 6.07) is 1.74. The zero-order valence-electron chi connectivity index (χ0n) is 9.42. The molecule has 0 aliphatic carbocycles. The molecule has 10 heteroatoms. The number of aromatic nitrogens is 3. The van der Waals surface area contributed by atoms with Gasteiger partial charge in [0.25, 0.3) is 5.91 Å². The molecule has 0 saturated carbocycles. The molecule has 0 fully saturated rings. The van der Waals surface area contributed by atoms with Gasteiger partial charge < -0.3 is 5.73 Å². The van der Waals surface area contributed by atoms with Crippen LogP contribution in [0.25, 0.3) is 11.3 Å². The predicted octanol–water partition coefficient (Wildman–Crippen LogP) is 2.90. The number of alkyl halides is 3. The summed E-state index contributed by atoms with van der Waals surface area (Å²) in [4.78, 5) is 11.2. The van der Waals surface area contributed by atoms with Crippen LogP contribution in [0.2, 0.25) is 10.0 Å². The summed E-state index contributed by atoms with van der Waals surface area (Å²) in [5.74, 6) is -0.974. The number of nitrogens with two attached hydrogens (primary N) is 1. The molecule has 0 saturated heterocycles. The molecule has 0 aliphatic rings. The van der Waals surface area contributed by atoms with Gasteiger partial charge in [-0.1, -0.05) is 23.2 Å². The molecule has 2 aromatic rings. The molecule has 0 aliphatic heterocycles. The number of nitrogens with zero attached hydrogens (tertiary/aromatic N) is 2. The first-order valence-corrected chi connectivity index (χ1v) is 5.75.